The average Bonchev–Trinajstić information content (AvgIpc) is 2.56. The molecule has 0 unspecified atom stereocenters. The van der Waals surface area contributed by atoms with Gasteiger partial charge >= 0.3 is 8.80 Å². The molecule has 0 bridgehead atoms. The van der Waals surface area contributed by atoms with Gasteiger partial charge in [-0.3, -0.25) is 0 Å². The first-order valence-electron chi connectivity index (χ1n) is 9.67. The summed E-state index contributed by atoms with van der Waals surface area (Å²) in [6, 6.07) is 0.932. The summed E-state index contributed by atoms with van der Waals surface area (Å²) in [6.45, 7) is 8.64. The predicted molar refractivity (Wildman–Crippen MR) is 101 cm³/mol. The van der Waals surface area contributed by atoms with Crippen LogP contribution in [0.25, 0.3) is 10.4 Å². The van der Waals surface area contributed by atoms with E-state index in [4.69, 9.17) is 18.8 Å². The highest BCUT2D eigenvalue weighted by Gasteiger charge is 2.39. The zero-order valence-electron chi connectivity index (χ0n) is 16.0. The highest BCUT2D eigenvalue weighted by Crippen LogP contribution is 2.20. The van der Waals surface area contributed by atoms with Crippen LogP contribution in [0.15, 0.2) is 5.11 Å². The molecule has 0 fully saturated rings. The van der Waals surface area contributed by atoms with E-state index in [2.05, 4.69) is 10.0 Å². The van der Waals surface area contributed by atoms with Gasteiger partial charge in [-0.1, -0.05) is 50.1 Å². The van der Waals surface area contributed by atoms with Gasteiger partial charge in [-0.05, 0) is 39.1 Å². The Balaban J connectivity index is 3.65. The van der Waals surface area contributed by atoms with E-state index < -0.39 is 8.80 Å². The summed E-state index contributed by atoms with van der Waals surface area (Å²) >= 11 is 0. The Kier molecular flexibility index (Phi) is 16.8. The van der Waals surface area contributed by atoms with Crippen molar-refractivity contribution in [1.29, 1.82) is 0 Å². The van der Waals surface area contributed by atoms with E-state index in [1.165, 1.54) is 44.9 Å². The summed E-state index contributed by atoms with van der Waals surface area (Å²) in [7, 11) is -2.43. The van der Waals surface area contributed by atoms with Crippen LogP contribution in [0.1, 0.15) is 78.6 Å². The number of hydrogen-bond donors (Lipinski definition) is 0. The monoisotopic (exact) mass is 359 g/mol. The van der Waals surface area contributed by atoms with Crippen LogP contribution in [0, 0.1) is 0 Å². The largest absolute Gasteiger partial charge is 0.500 e. The fourth-order valence-corrected chi connectivity index (χ4v) is 5.49. The van der Waals surface area contributed by atoms with Crippen LogP contribution >= 0.6 is 0 Å². The van der Waals surface area contributed by atoms with Gasteiger partial charge in [-0.25, -0.2) is 0 Å². The molecule has 24 heavy (non-hydrogen) atoms. The van der Waals surface area contributed by atoms with Crippen molar-refractivity contribution in [3.8, 4) is 0 Å². The molecule has 0 aromatic carbocycles. The molecule has 0 aliphatic rings. The van der Waals surface area contributed by atoms with E-state index in [9.17, 15) is 0 Å². The van der Waals surface area contributed by atoms with Crippen LogP contribution in [-0.2, 0) is 13.3 Å². The maximum Gasteiger partial charge on any atom is 0.500 e. The van der Waals surface area contributed by atoms with Crippen LogP contribution < -0.4 is 0 Å². The Morgan fingerprint density at radius 2 is 1.12 bits per heavy atom. The van der Waals surface area contributed by atoms with E-state index in [1.807, 2.05) is 20.8 Å². The Morgan fingerprint density at radius 1 is 0.708 bits per heavy atom. The minimum Gasteiger partial charge on any atom is -0.374 e. The summed E-state index contributed by atoms with van der Waals surface area (Å²) in [6.07, 6.45) is 10.9. The van der Waals surface area contributed by atoms with E-state index in [0.29, 0.717) is 26.4 Å². The lowest BCUT2D eigenvalue weighted by Gasteiger charge is -2.28. The third-order valence-electron chi connectivity index (χ3n) is 3.90. The van der Waals surface area contributed by atoms with Gasteiger partial charge in [0, 0.05) is 37.3 Å². The van der Waals surface area contributed by atoms with Crippen molar-refractivity contribution in [3.05, 3.63) is 10.4 Å². The molecule has 0 atom stereocenters. The lowest BCUT2D eigenvalue weighted by molar-refractivity contribution is 0.0706. The van der Waals surface area contributed by atoms with Crippen molar-refractivity contribution in [3.63, 3.8) is 0 Å². The molecule has 0 aliphatic heterocycles. The highest BCUT2D eigenvalue weighted by atomic mass is 28.4. The van der Waals surface area contributed by atoms with Gasteiger partial charge in [0.2, 0.25) is 0 Å². The standard InChI is InChI=1S/C17H37N3O3Si/c1-4-21-24(22-5-2,23-6-3)17-15-13-11-9-7-8-10-12-14-16-19-20-18/h4-17H2,1-3H3. The first-order chi connectivity index (χ1) is 11.7. The third-order valence-corrected chi connectivity index (χ3v) is 7.05. The summed E-state index contributed by atoms with van der Waals surface area (Å²) in [5.74, 6) is 0. The van der Waals surface area contributed by atoms with Crippen molar-refractivity contribution in [2.45, 2.75) is 84.6 Å². The molecule has 0 aliphatic carbocycles. The molecule has 6 nitrogen and oxygen atoms in total. The second-order valence-corrected chi connectivity index (χ2v) is 8.60. The highest BCUT2D eigenvalue weighted by molar-refractivity contribution is 6.60. The summed E-state index contributed by atoms with van der Waals surface area (Å²) in [5.41, 5.74) is 8.19. The quantitative estimate of drug-likeness (QED) is 0.101. The average molecular weight is 360 g/mol. The molecule has 0 rings (SSSR count). The molecule has 0 heterocycles. The maximum atomic E-state index is 8.19. The Morgan fingerprint density at radius 3 is 1.54 bits per heavy atom. The first kappa shape index (κ1) is 23.4. The van der Waals surface area contributed by atoms with E-state index >= 15 is 0 Å². The van der Waals surface area contributed by atoms with E-state index in [0.717, 1.165) is 18.9 Å². The smallest absolute Gasteiger partial charge is 0.374 e. The number of unbranched alkanes of at least 4 members (excludes halogenated alkanes) is 8. The second kappa shape index (κ2) is 17.2. The Bertz CT molecular complexity index is 309. The molecular weight excluding hydrogens is 322 g/mol. The molecule has 7 heteroatoms. The molecule has 0 saturated heterocycles. The van der Waals surface area contributed by atoms with Crippen LogP contribution in [-0.4, -0.2) is 35.2 Å². The van der Waals surface area contributed by atoms with Crippen molar-refractivity contribution in [1.82, 2.24) is 0 Å². The maximum absolute atomic E-state index is 8.19. The molecule has 0 amide bonds. The number of hydrogen-bond acceptors (Lipinski definition) is 4. The first-order valence-corrected chi connectivity index (χ1v) is 11.6. The van der Waals surface area contributed by atoms with Crippen LogP contribution in [0.4, 0.5) is 0 Å². The molecule has 0 saturated carbocycles. The van der Waals surface area contributed by atoms with Crippen LogP contribution in [0.2, 0.25) is 6.04 Å². The van der Waals surface area contributed by atoms with Gasteiger partial charge in [-0.2, -0.15) is 0 Å². The zero-order chi connectivity index (χ0) is 17.9. The Hall–Kier alpha value is -0.593. The van der Waals surface area contributed by atoms with Gasteiger partial charge in [0.25, 0.3) is 0 Å². The Labute approximate surface area is 149 Å². The lowest BCUT2D eigenvalue weighted by atomic mass is 10.1. The van der Waals surface area contributed by atoms with Gasteiger partial charge in [-0.15, -0.1) is 0 Å². The van der Waals surface area contributed by atoms with Crippen molar-refractivity contribution < 1.29 is 13.3 Å². The molecule has 0 spiro atoms. The van der Waals surface area contributed by atoms with Crippen molar-refractivity contribution in [2.24, 2.45) is 5.11 Å². The SMILES string of the molecule is CCO[Si](CCCCCCCCCCCN=[N+]=[N-])(OCC)OCC. The van der Waals surface area contributed by atoms with Crippen LogP contribution in [0.3, 0.4) is 0 Å². The van der Waals surface area contributed by atoms with Gasteiger partial charge in [0.05, 0.1) is 0 Å². The molecule has 0 aromatic heterocycles. The van der Waals surface area contributed by atoms with E-state index in [-0.39, 0.29) is 0 Å². The second-order valence-electron chi connectivity index (χ2n) is 5.87. The summed E-state index contributed by atoms with van der Waals surface area (Å²) in [4.78, 5) is 2.76. The van der Waals surface area contributed by atoms with Crippen molar-refractivity contribution in [2.75, 3.05) is 26.4 Å². The summed E-state index contributed by atoms with van der Waals surface area (Å²) in [5, 5.41) is 3.55. The lowest BCUT2D eigenvalue weighted by Crippen LogP contribution is -2.45. The van der Waals surface area contributed by atoms with Crippen LogP contribution in [0.5, 0.6) is 0 Å². The number of azide groups is 1. The van der Waals surface area contributed by atoms with E-state index in [1.54, 1.807) is 0 Å². The molecule has 0 aromatic rings. The normalized spacial score (nSPS) is 11.5. The topological polar surface area (TPSA) is 76.5 Å². The van der Waals surface area contributed by atoms with Gasteiger partial charge in [0.1, 0.15) is 0 Å². The summed E-state index contributed by atoms with van der Waals surface area (Å²) < 4.78 is 17.6. The fraction of sp³-hybridized carbons (Fsp3) is 1.00. The zero-order valence-corrected chi connectivity index (χ0v) is 17.0. The van der Waals surface area contributed by atoms with Gasteiger partial charge < -0.3 is 13.3 Å². The minimum absolute atomic E-state index is 0.641. The molecule has 142 valence electrons. The number of rotatable bonds is 18. The molecular formula is C17H37N3O3Si. The number of nitrogens with zero attached hydrogens (tertiary/aromatic N) is 3. The van der Waals surface area contributed by atoms with Gasteiger partial charge in [0.15, 0.2) is 0 Å². The molecule has 0 radical (unpaired) electrons. The fourth-order valence-electron chi connectivity index (χ4n) is 2.81. The third kappa shape index (κ3) is 12.8. The predicted octanol–water partition coefficient (Wildman–Crippen LogP) is 5.86. The molecule has 0 N–H and O–H groups in total. The minimum atomic E-state index is -2.43. The van der Waals surface area contributed by atoms with Crippen molar-refractivity contribution >= 4 is 8.80 Å².